The van der Waals surface area contributed by atoms with Crippen molar-refractivity contribution in [3.8, 4) is 22.5 Å². The third kappa shape index (κ3) is 42.9. The first-order valence-corrected chi connectivity index (χ1v) is 46.0. The number of nitrogens with two attached hydrogens (primary N) is 1. The Morgan fingerprint density at radius 2 is 1.11 bits per heavy atom. The van der Waals surface area contributed by atoms with Crippen molar-refractivity contribution in [1.82, 2.24) is 20.3 Å². The molecule has 8 rings (SSSR count). The first-order chi connectivity index (χ1) is 51.8. The standard InChI is InChI=1S/C52H72N4O22P4S2.C20H40N2O2.4Ba.HI.4H/c1-3-4-23-56-52-39-12-6-5-10-36(39)31-55(41-14-8-7-13-40(41)51(52)53-54-56)50(60)15-9-11-37(57)16-24-66-25-17-38(58)18-30-71-80(62,63)73-33-47-44(21-28-68-47)77-82(65,84)75-35-49-45(22-29-70-49)78-81(64,83)74-34-48-43(20-27-69-48)76-79(2,61)72-32-46-42(59)19-26-67-46;1-3-19(20(21)24)22-17-15-13-11-9-7-5-4-6-8-10-12-14-16-18(2)23;;;;;;;;;/h5-8,10,12-14,26-29,42-49,59,61H,2-4,9,11,15-25,30-35H2,1H3,(H,62,63)(H,64,83)(H,65,84);19,22H,3-17H2,1-2H3,(H2,21,24);;;;;1H;;;;/q-4;;4*+2;;4*-1/t42?,43-,44-,45?,46+,47-,48-,49+,79?,81?,82?;19-;;;;;;;;;/m00........./s1. The number of fused-ring (bicyclic) bond motifs is 5. The summed E-state index contributed by atoms with van der Waals surface area (Å²) in [5, 5.41) is 22.3. The molecule has 113 heavy (non-hydrogen) atoms. The van der Waals surface area contributed by atoms with Crippen LogP contribution in [0.1, 0.15) is 199 Å². The van der Waals surface area contributed by atoms with Gasteiger partial charge in [-0.1, -0.05) is 132 Å². The SMILES string of the molecule is C=P(O)(OC[C@H]1O[CH-]CC1O)O[C@H]1C[CH-]O[C@H]1COP(O)(=S)OC1C[CH-]O[C@@H]1COP(O)(=S)O[C@H]1C[CH-]O[C@H]1COP(=O)(O)OCCC(=O)CCOCCC(=O)CCCC(=O)N1Cc2ccccc2-c2c(nnn2CCCC)-c2ccccc21.CC[C@H](NCCCCCCCCCCCCCCC(C)=O)C(N)=O.I.[Ba+2].[Ba+2].[Ba+2].[Ba+2].[H-].[H-].[H-].[H-]. The molecule has 6 unspecified atom stereocenters. The van der Waals surface area contributed by atoms with Crippen molar-refractivity contribution >= 4 is 313 Å². The van der Waals surface area contributed by atoms with E-state index in [2.05, 4.69) is 28.9 Å². The third-order valence-electron chi connectivity index (χ3n) is 18.5. The molecule has 30 nitrogen and oxygen atoms in total. The maximum atomic E-state index is 13.9. The summed E-state index contributed by atoms with van der Waals surface area (Å²) < 4.78 is 85.8. The van der Waals surface area contributed by atoms with Gasteiger partial charge in [0, 0.05) is 56.2 Å². The molecule has 2 amide bonds. The van der Waals surface area contributed by atoms with Crippen LogP contribution in [-0.2, 0) is 125 Å². The molecule has 0 spiro atoms. The molecule has 4 fully saturated rings. The van der Waals surface area contributed by atoms with E-state index in [1.165, 1.54) is 90.6 Å². The molecule has 4 saturated heterocycles. The van der Waals surface area contributed by atoms with E-state index < -0.39 is 90.9 Å². The Morgan fingerprint density at radius 1 is 0.619 bits per heavy atom. The van der Waals surface area contributed by atoms with Crippen molar-refractivity contribution in [3.05, 3.63) is 80.5 Å². The van der Waals surface area contributed by atoms with Crippen molar-refractivity contribution in [2.24, 2.45) is 5.73 Å². The minimum absolute atomic E-state index is 0. The summed E-state index contributed by atoms with van der Waals surface area (Å²) in [6.45, 7) is 3.63. The van der Waals surface area contributed by atoms with E-state index in [9.17, 15) is 53.2 Å². The van der Waals surface area contributed by atoms with Crippen molar-refractivity contribution in [2.45, 2.75) is 256 Å². The van der Waals surface area contributed by atoms with Crippen LogP contribution >= 0.6 is 52.8 Å². The van der Waals surface area contributed by atoms with Gasteiger partial charge in [-0.05, 0) is 87.1 Å². The van der Waals surface area contributed by atoms with Gasteiger partial charge in [-0.25, -0.2) is 35.7 Å². The second kappa shape index (κ2) is 61.1. The van der Waals surface area contributed by atoms with E-state index in [0.29, 0.717) is 30.9 Å². The Balaban J connectivity index is -0.00000343. The summed E-state index contributed by atoms with van der Waals surface area (Å²) in [5.41, 5.74) is 10.4. The van der Waals surface area contributed by atoms with Crippen LogP contribution in [0.15, 0.2) is 48.5 Å². The van der Waals surface area contributed by atoms with Crippen LogP contribution in [0, 0.1) is 26.4 Å². The number of unbranched alkanes of at least 4 members (excludes halogenated alkanes) is 12. The van der Waals surface area contributed by atoms with Gasteiger partial charge < -0.3 is 102 Å². The second-order valence-corrected chi connectivity index (χ2v) is 36.0. The van der Waals surface area contributed by atoms with Crippen LogP contribution in [0.3, 0.4) is 0 Å². The zero-order valence-corrected chi connectivity index (χ0v) is 90.8. The molecule has 2 aromatic carbocycles. The molecule has 0 radical (unpaired) electrons. The molecule has 5 aliphatic rings. The van der Waals surface area contributed by atoms with Gasteiger partial charge >= 0.3 is 217 Å². The average molecular weight is 2310 g/mol. The van der Waals surface area contributed by atoms with Crippen molar-refractivity contribution in [3.63, 3.8) is 0 Å². The van der Waals surface area contributed by atoms with Crippen LogP contribution in [0.4, 0.5) is 5.69 Å². The first kappa shape index (κ1) is 113. The number of ketones is 3. The number of aryl methyl sites for hydroxylation is 1. The number of anilines is 1. The molecule has 0 saturated carbocycles. The van der Waals surface area contributed by atoms with Crippen LogP contribution in [0.2, 0.25) is 0 Å². The number of nitrogens with zero attached hydrogens (tertiary/aromatic N) is 4. The van der Waals surface area contributed by atoms with Gasteiger partial charge in [0.05, 0.1) is 119 Å². The van der Waals surface area contributed by atoms with Crippen molar-refractivity contribution in [2.75, 3.05) is 57.7 Å². The zero-order chi connectivity index (χ0) is 78.0. The molecular weight excluding hydrogens is 2200 g/mol. The number of Topliss-reactive ketones (excluding diaryl/α,β-unsaturated/α-hetero) is 3. The second-order valence-electron chi connectivity index (χ2n) is 27.2. The number of amides is 2. The Kier molecular flexibility index (Phi) is 61.0. The van der Waals surface area contributed by atoms with Gasteiger partial charge in [-0.2, -0.15) is 0 Å². The van der Waals surface area contributed by atoms with Crippen LogP contribution < -0.4 is 16.0 Å². The largest absolute Gasteiger partial charge is 2.00 e. The number of nitrogens with one attached hydrogen (secondary N) is 1. The topological polar surface area (TPSA) is 396 Å². The normalized spacial score (nSPS) is 22.0. The summed E-state index contributed by atoms with van der Waals surface area (Å²) in [4.78, 5) is 106. The van der Waals surface area contributed by atoms with E-state index in [4.69, 9.17) is 89.2 Å². The summed E-state index contributed by atoms with van der Waals surface area (Å²) >= 11 is 10.5. The van der Waals surface area contributed by atoms with E-state index in [1.54, 1.807) is 11.8 Å². The molecule has 3 aromatic rings. The van der Waals surface area contributed by atoms with E-state index >= 15 is 0 Å². The minimum atomic E-state index is -4.70. The smallest absolute Gasteiger partial charge is 1.00 e. The fourth-order valence-electron chi connectivity index (χ4n) is 12.4. The molecule has 1 aromatic heterocycles. The van der Waals surface area contributed by atoms with E-state index in [-0.39, 0.29) is 339 Å². The number of hydrogen-bond acceptors (Lipinski definition) is 26. The van der Waals surface area contributed by atoms with E-state index in [0.717, 1.165) is 79.7 Å². The fraction of sp³-hybridized carbons (Fsp3) is 0.667. The van der Waals surface area contributed by atoms with Crippen molar-refractivity contribution in [1.29, 1.82) is 0 Å². The number of ether oxygens (including phenoxy) is 5. The zero-order valence-electron chi connectivity index (χ0n) is 69.5. The predicted octanol–water partition coefficient (Wildman–Crippen LogP) is 10.9. The predicted molar refractivity (Wildman–Crippen MR) is 455 cm³/mol. The Bertz CT molecular complexity index is 3530. The van der Waals surface area contributed by atoms with Crippen LogP contribution in [0.25, 0.3) is 22.5 Å². The number of aliphatic hydroxyl groups is 1. The number of phosphoric acid groups is 1. The number of hydrogen-bond donors (Lipinski definition) is 7. The third-order valence-corrected chi connectivity index (χ3v) is 23.8. The molecule has 0 aliphatic carbocycles. The number of aliphatic hydroxyl groups excluding tert-OH is 1. The number of rotatable bonds is 53. The Labute approximate surface area is 861 Å². The number of phosphoric ester groups is 1. The van der Waals surface area contributed by atoms with Gasteiger partial charge in [0.15, 0.2) is 0 Å². The minimum Gasteiger partial charge on any atom is -1.00 e. The molecule has 0 bridgehead atoms. The number of carbonyl (C=O) groups excluding carboxylic acids is 5. The number of halogens is 1. The number of para-hydroxylation sites is 1. The fourth-order valence-corrected chi connectivity index (χ4v) is 17.2. The molecule has 626 valence electrons. The number of carbonyl (C=O) groups is 5. The van der Waals surface area contributed by atoms with Gasteiger partial charge in [0.25, 0.3) is 0 Å². The number of aromatic nitrogens is 3. The van der Waals surface area contributed by atoms with Gasteiger partial charge in [-0.3, -0.25) is 28.2 Å². The Morgan fingerprint density at radius 3 is 1.65 bits per heavy atom. The van der Waals surface area contributed by atoms with Crippen molar-refractivity contribution < 1.29 is 119 Å². The summed E-state index contributed by atoms with van der Waals surface area (Å²) in [6.07, 6.45) is 16.7. The molecule has 13 atom stereocenters. The summed E-state index contributed by atoms with van der Waals surface area (Å²) in [6, 6.07) is 15.5. The number of primary amides is 1. The van der Waals surface area contributed by atoms with E-state index in [1.807, 2.05) is 60.1 Å². The molecule has 5 aliphatic heterocycles. The molecule has 8 N–H and O–H groups in total. The summed E-state index contributed by atoms with van der Waals surface area (Å²) in [7, 11) is -8.34. The van der Waals surface area contributed by atoms with Gasteiger partial charge in [-0.15, -0.1) is 54.8 Å². The van der Waals surface area contributed by atoms with Crippen LogP contribution in [0.5, 0.6) is 0 Å². The monoisotopic (exact) mass is 2320 g/mol. The maximum Gasteiger partial charge on any atom is 2.00 e. The quantitative estimate of drug-likeness (QED) is 0.00907. The molecular formula is C72H117Ba4IN6O24P4S2. The maximum absolute atomic E-state index is 13.9. The van der Waals surface area contributed by atoms with Gasteiger partial charge in [0.2, 0.25) is 19.4 Å². The summed E-state index contributed by atoms with van der Waals surface area (Å²) in [5.74, 6) is -0.451. The number of benzene rings is 2. The first-order valence-electron chi connectivity index (χ1n) is 37.6. The van der Waals surface area contributed by atoms with Crippen LogP contribution in [-0.4, -0.2) is 378 Å². The Hall–Kier alpha value is 3.62. The average Bonchev–Trinajstić information content (AvgIpc) is 1.68. The molecule has 6 heterocycles. The molecule has 41 heteroatoms. The van der Waals surface area contributed by atoms with Gasteiger partial charge in [0.1, 0.15) is 23.0 Å².